The Kier molecular flexibility index (Phi) is 37.8. The lowest BCUT2D eigenvalue weighted by molar-refractivity contribution is -0.145. The zero-order valence-electron chi connectivity index (χ0n) is 65.3. The second-order valence-corrected chi connectivity index (χ2v) is 30.3. The number of nitrogens with two attached hydrogens (primary N) is 1. The highest BCUT2D eigenvalue weighted by molar-refractivity contribution is 6.43. The molecule has 17 N–H and O–H groups in total. The van der Waals surface area contributed by atoms with Crippen LogP contribution >= 0.6 is 0 Å². The van der Waals surface area contributed by atoms with Gasteiger partial charge in [0.2, 0.25) is 52.9 Å². The summed E-state index contributed by atoms with van der Waals surface area (Å²) in [6, 6.07) is 2.19. The Hall–Kier alpha value is -9.86. The number of hydrogen-bond acceptors (Lipinski definition) is 21. The van der Waals surface area contributed by atoms with Gasteiger partial charge in [0.1, 0.15) is 41.7 Å². The molecule has 5 rings (SSSR count). The van der Waals surface area contributed by atoms with Crippen LogP contribution in [0.15, 0.2) is 85.1 Å². The maximum Gasteiger partial charge on any atom is 0.303 e. The van der Waals surface area contributed by atoms with Crippen molar-refractivity contribution in [2.24, 2.45) is 17.6 Å². The number of rotatable bonds is 26. The highest BCUT2D eigenvalue weighted by atomic mass is 19.2. The van der Waals surface area contributed by atoms with E-state index >= 15 is 19.2 Å². The molecule has 0 fully saturated rings. The van der Waals surface area contributed by atoms with E-state index in [1.54, 1.807) is 51.2 Å². The average Bonchev–Trinajstić information content (AvgIpc) is 0.835. The number of carbonyl (C=O) groups is 14. The second kappa shape index (κ2) is 45.6. The van der Waals surface area contributed by atoms with Crippen molar-refractivity contribution in [2.45, 2.75) is 262 Å². The van der Waals surface area contributed by atoms with Crippen LogP contribution in [-0.4, -0.2) is 181 Å². The Labute approximate surface area is 651 Å². The number of benzene rings is 3. The number of hydrazine groups is 2. The molecule has 4 aromatic rings. The number of hydrogen-bond donors (Lipinski definition) is 16. The minimum atomic E-state index is -2.30. The number of aliphatic carboxylic acids is 1. The number of halogens is 2. The number of carboxylic acid groups (broad SMARTS) is 1. The van der Waals surface area contributed by atoms with Crippen molar-refractivity contribution < 1.29 is 91.2 Å². The molecule has 0 aliphatic carbocycles. The first-order valence-corrected chi connectivity index (χ1v) is 38.2. The third kappa shape index (κ3) is 31.0. The second-order valence-electron chi connectivity index (χ2n) is 30.3. The van der Waals surface area contributed by atoms with Crippen molar-refractivity contribution in [1.29, 1.82) is 0 Å². The van der Waals surface area contributed by atoms with Gasteiger partial charge in [-0.3, -0.25) is 62.3 Å². The predicted octanol–water partition coefficient (Wildman–Crippen LogP) is 4.04. The summed E-state index contributed by atoms with van der Waals surface area (Å²) < 4.78 is 29.4. The molecule has 1 aliphatic heterocycles. The Balaban J connectivity index is 1.60. The number of para-hydroxylation sites is 1. The Morgan fingerprint density at radius 3 is 1.95 bits per heavy atom. The third-order valence-electron chi connectivity index (χ3n) is 19.5. The number of H-pyrrole nitrogens is 1. The van der Waals surface area contributed by atoms with Crippen molar-refractivity contribution in [3.8, 4) is 5.75 Å². The van der Waals surface area contributed by atoms with E-state index in [0.717, 1.165) is 25.1 Å². The summed E-state index contributed by atoms with van der Waals surface area (Å²) in [5.74, 6) is -15.2. The number of amides is 7. The number of carbonyl (C=O) groups excluding carboxylic acids is 13. The molecule has 0 radical (unpaired) electrons. The summed E-state index contributed by atoms with van der Waals surface area (Å²) in [6.45, 7) is 13.5. The molecular weight excluding hydrogens is 1450 g/mol. The zero-order chi connectivity index (χ0) is 83.0. The number of Topliss-reactive ketones (excluding diaryl/α,β-unsaturated/α-hetero) is 5. The summed E-state index contributed by atoms with van der Waals surface area (Å²) in [5.41, 5.74) is 15.1. The van der Waals surface area contributed by atoms with Crippen molar-refractivity contribution in [2.75, 3.05) is 6.54 Å². The number of phenols is 1. The number of allylic oxidation sites excluding steroid dienone is 2. The molecule has 32 heteroatoms. The molecule has 0 saturated heterocycles. The predicted molar refractivity (Wildman–Crippen MR) is 412 cm³/mol. The SMILES string of the molecule is CC(=O)N[C@@H](CC(C)C)C(=O)N[C@H](C(=O)N[C@@H](Cc1ccc(F)c(F)c1)C(=O)N[C@]1(C)CCCCCCC=CCCC[C@@](C)(C=O)NC(=O)[C@H](CCC(C)C)NN[C@@H](CCC(N)=O)C(=O)CN[C@@H](C)C(=O)CC(=O)[C@H](Cc2c[nH]c3ccccc23)NN[C@@H](Cc2ccc(O)cc2)C(=O)N[C@@H](CCC(=O)O)C(=O)C1=O)[C@@H](C)O. The fourth-order valence-electron chi connectivity index (χ4n) is 12.8. The van der Waals surface area contributed by atoms with Crippen molar-refractivity contribution >= 4 is 93.4 Å². The molecule has 3 aromatic carbocycles. The summed E-state index contributed by atoms with van der Waals surface area (Å²) in [5, 5.41) is 50.3. The largest absolute Gasteiger partial charge is 0.508 e. The molecule has 0 saturated carbocycles. The summed E-state index contributed by atoms with van der Waals surface area (Å²) in [6.07, 6.45) is 4.54. The first-order chi connectivity index (χ1) is 52.9. The van der Waals surface area contributed by atoms with E-state index in [1.165, 1.54) is 45.0 Å². The maximum atomic E-state index is 15.4. The Bertz CT molecular complexity index is 3950. The molecule has 0 spiro atoms. The minimum Gasteiger partial charge on any atom is -0.508 e. The normalized spacial score (nSPS) is 23.1. The average molecular weight is 1570 g/mol. The van der Waals surface area contributed by atoms with Gasteiger partial charge in [-0.05, 0) is 170 Å². The number of aromatic hydroxyl groups is 1. The standard InChI is InChI=1S/C80H113F2N13O17/c1-46(2)23-30-61-76(110)90-79(8,45-96)35-19-15-13-11-10-12-14-16-20-36-80(9,91-77(111)64(40-52-26-29-56(81)57(82)38-52)88-78(112)71(49(6)97)89-74(108)63(37-47(3)4)86-50(7)98)73(107)72(106)60(32-34-70(104)105)87-75(109)65(39-51-24-27-54(99)28-25-51)95-94-62(41-53-43-85-58-22-18-17-21-55(53)58)67(101)42-66(100)48(5)84-44-68(102)59(92-93-61)31-33-69(83)103/h11,13,17-18,21-22,24-29,38,43,45-49,59-65,71,84-85,92-95,97,99H,10,12,14-16,19-20,23,30-37,39-42,44H2,1-9H3,(H2,83,103)(H,86,98)(H,87,109)(H,88,112)(H,89,108)(H,90,110)(H,91,111)(H,104,105)/t48-,49+,59-,60-,61-,62-,63-,64-,65-,71-,79-,80+/m0/s1. The van der Waals surface area contributed by atoms with Gasteiger partial charge in [-0.2, -0.15) is 0 Å². The summed E-state index contributed by atoms with van der Waals surface area (Å²) >= 11 is 0. The highest BCUT2D eigenvalue weighted by Crippen LogP contribution is 2.25. The third-order valence-corrected chi connectivity index (χ3v) is 19.5. The fourth-order valence-corrected chi connectivity index (χ4v) is 12.8. The molecule has 0 bridgehead atoms. The van der Waals surface area contributed by atoms with E-state index < -0.39 is 192 Å². The zero-order valence-corrected chi connectivity index (χ0v) is 65.3. The molecule has 1 aromatic heterocycles. The van der Waals surface area contributed by atoms with Gasteiger partial charge in [-0.1, -0.05) is 95.5 Å². The van der Waals surface area contributed by atoms with Gasteiger partial charge >= 0.3 is 5.97 Å². The van der Waals surface area contributed by atoms with Crippen LogP contribution in [-0.2, 0) is 86.4 Å². The molecule has 12 atom stereocenters. The number of primary amides is 1. The first kappa shape index (κ1) is 92.7. The highest BCUT2D eigenvalue weighted by Gasteiger charge is 2.44. The number of carboxylic acids is 1. The van der Waals surface area contributed by atoms with E-state index in [4.69, 9.17) is 5.73 Å². The minimum absolute atomic E-state index is 0.0809. The maximum absolute atomic E-state index is 15.4. The lowest BCUT2D eigenvalue weighted by atomic mass is 9.84. The quantitative estimate of drug-likeness (QED) is 0.0182. The van der Waals surface area contributed by atoms with Gasteiger partial charge in [0.05, 0.1) is 54.8 Å². The molecule has 112 heavy (non-hydrogen) atoms. The Morgan fingerprint density at radius 2 is 1.30 bits per heavy atom. The van der Waals surface area contributed by atoms with Crippen LogP contribution in [0.1, 0.15) is 188 Å². The van der Waals surface area contributed by atoms with E-state index in [2.05, 4.69) is 63.9 Å². The number of aliphatic hydroxyl groups excluding tert-OH is 1. The molecular formula is C80H113F2N13O17. The van der Waals surface area contributed by atoms with Gasteiger partial charge in [-0.15, -0.1) is 0 Å². The lowest BCUT2D eigenvalue weighted by Crippen LogP contribution is -2.64. The molecule has 7 amide bonds. The number of aromatic nitrogens is 1. The van der Waals surface area contributed by atoms with Crippen LogP contribution in [0.4, 0.5) is 8.78 Å². The van der Waals surface area contributed by atoms with Crippen LogP contribution in [0.5, 0.6) is 5.75 Å². The summed E-state index contributed by atoms with van der Waals surface area (Å²) in [4.78, 5) is 199. The van der Waals surface area contributed by atoms with Gasteiger partial charge < -0.3 is 68.0 Å². The number of ketones is 5. The van der Waals surface area contributed by atoms with Crippen LogP contribution in [0, 0.1) is 23.5 Å². The number of aldehydes is 1. The fraction of sp³-hybridized carbons (Fsp3) is 0.550. The van der Waals surface area contributed by atoms with Crippen molar-refractivity contribution in [3.63, 3.8) is 0 Å². The van der Waals surface area contributed by atoms with Crippen LogP contribution in [0.3, 0.4) is 0 Å². The van der Waals surface area contributed by atoms with E-state index in [-0.39, 0.29) is 80.9 Å². The molecule has 1 aliphatic rings. The van der Waals surface area contributed by atoms with Crippen molar-refractivity contribution in [1.82, 2.24) is 63.9 Å². The molecule has 0 unspecified atom stereocenters. The van der Waals surface area contributed by atoms with Gasteiger partial charge in [0, 0.05) is 43.3 Å². The van der Waals surface area contributed by atoms with Crippen LogP contribution in [0.25, 0.3) is 10.9 Å². The first-order valence-electron chi connectivity index (χ1n) is 38.2. The lowest BCUT2D eigenvalue weighted by Gasteiger charge is -2.33. The monoisotopic (exact) mass is 1570 g/mol. The number of phenolic OH excluding ortho intramolecular Hbond substituents is 1. The number of fused-ring (bicyclic) bond motifs is 1. The molecule has 2 heterocycles. The van der Waals surface area contributed by atoms with Gasteiger partial charge in [0.15, 0.2) is 29.0 Å². The smallest absolute Gasteiger partial charge is 0.303 e. The molecule has 614 valence electrons. The van der Waals surface area contributed by atoms with E-state index in [9.17, 15) is 72.0 Å². The number of aliphatic hydroxyl groups is 1. The van der Waals surface area contributed by atoms with E-state index in [0.29, 0.717) is 73.3 Å². The number of aromatic amines is 1. The number of nitrogens with one attached hydrogen (secondary N) is 12. The topological polar surface area (TPSA) is 474 Å². The van der Waals surface area contributed by atoms with E-state index in [1.807, 2.05) is 26.0 Å². The van der Waals surface area contributed by atoms with Crippen LogP contribution < -0.4 is 64.7 Å². The van der Waals surface area contributed by atoms with Gasteiger partial charge in [0.25, 0.3) is 0 Å². The van der Waals surface area contributed by atoms with Crippen molar-refractivity contribution in [3.05, 3.63) is 113 Å². The van der Waals surface area contributed by atoms with Crippen LogP contribution in [0.2, 0.25) is 0 Å². The Morgan fingerprint density at radius 1 is 0.661 bits per heavy atom. The van der Waals surface area contributed by atoms with Gasteiger partial charge in [-0.25, -0.2) is 30.5 Å². The molecule has 30 nitrogen and oxygen atoms in total. The summed E-state index contributed by atoms with van der Waals surface area (Å²) in [7, 11) is 0.